The van der Waals surface area contributed by atoms with Gasteiger partial charge in [-0.2, -0.15) is 0 Å². The van der Waals surface area contributed by atoms with Crippen molar-refractivity contribution >= 4 is 5.97 Å². The Morgan fingerprint density at radius 1 is 1.23 bits per heavy atom. The number of pyridine rings is 1. The van der Waals surface area contributed by atoms with Crippen molar-refractivity contribution in [2.24, 2.45) is 5.92 Å². The van der Waals surface area contributed by atoms with Gasteiger partial charge in [-0.05, 0) is 42.2 Å². The Hall–Kier alpha value is -2.70. The standard InChI is InChI=1S/C19H21F2NO4/c1-12(2)11-26-19-14(5-3-7-22-19)13-9-15(20)18(16(21)10-13)25-8-4-6-17(23)24/h3,5,7,9-10,12H,4,6,8,11H2,1-2H3,(H,23,24). The van der Waals surface area contributed by atoms with E-state index in [4.69, 9.17) is 14.6 Å². The molecule has 0 fully saturated rings. The van der Waals surface area contributed by atoms with Crippen LogP contribution >= 0.6 is 0 Å². The molecular formula is C19H21F2NO4. The highest BCUT2D eigenvalue weighted by molar-refractivity contribution is 5.69. The van der Waals surface area contributed by atoms with Crippen LogP contribution < -0.4 is 9.47 Å². The van der Waals surface area contributed by atoms with Crippen LogP contribution in [0.15, 0.2) is 30.5 Å². The number of benzene rings is 1. The van der Waals surface area contributed by atoms with Gasteiger partial charge in [0, 0.05) is 18.2 Å². The monoisotopic (exact) mass is 365 g/mol. The molecule has 0 aliphatic heterocycles. The van der Waals surface area contributed by atoms with E-state index in [1.165, 1.54) is 0 Å². The summed E-state index contributed by atoms with van der Waals surface area (Å²) in [6.07, 6.45) is 1.57. The van der Waals surface area contributed by atoms with Crippen molar-refractivity contribution in [1.82, 2.24) is 4.98 Å². The Bertz CT molecular complexity index is 742. The molecule has 0 bridgehead atoms. The Morgan fingerprint density at radius 3 is 2.54 bits per heavy atom. The van der Waals surface area contributed by atoms with Gasteiger partial charge in [0.1, 0.15) is 0 Å². The van der Waals surface area contributed by atoms with Crippen LogP contribution in [0, 0.1) is 17.6 Å². The lowest BCUT2D eigenvalue weighted by Crippen LogP contribution is -2.07. The fraction of sp³-hybridized carbons (Fsp3) is 0.368. The minimum absolute atomic E-state index is 0.0882. The summed E-state index contributed by atoms with van der Waals surface area (Å²) in [5, 5.41) is 8.56. The number of nitrogens with zero attached hydrogens (tertiary/aromatic N) is 1. The number of hydrogen-bond acceptors (Lipinski definition) is 4. The van der Waals surface area contributed by atoms with E-state index >= 15 is 0 Å². The van der Waals surface area contributed by atoms with Crippen LogP contribution in [-0.2, 0) is 4.79 Å². The number of carbonyl (C=O) groups is 1. The average Bonchev–Trinajstić information content (AvgIpc) is 2.58. The summed E-state index contributed by atoms with van der Waals surface area (Å²) in [6, 6.07) is 5.62. The Labute approximate surface area is 150 Å². The maximum atomic E-state index is 14.3. The van der Waals surface area contributed by atoms with Crippen molar-refractivity contribution in [1.29, 1.82) is 0 Å². The zero-order chi connectivity index (χ0) is 19.1. The number of carboxylic acids is 1. The van der Waals surface area contributed by atoms with E-state index < -0.39 is 23.4 Å². The first kappa shape index (κ1) is 19.6. The van der Waals surface area contributed by atoms with Crippen molar-refractivity contribution in [3.8, 4) is 22.8 Å². The maximum Gasteiger partial charge on any atom is 0.303 e. The Balaban J connectivity index is 2.20. The molecule has 1 N–H and O–H groups in total. The molecule has 0 radical (unpaired) electrons. The first-order valence-electron chi connectivity index (χ1n) is 8.30. The van der Waals surface area contributed by atoms with Crippen LogP contribution in [0.2, 0.25) is 0 Å². The predicted octanol–water partition coefficient (Wildman–Crippen LogP) is 4.31. The van der Waals surface area contributed by atoms with Gasteiger partial charge >= 0.3 is 5.97 Å². The second-order valence-electron chi connectivity index (χ2n) is 6.18. The predicted molar refractivity (Wildman–Crippen MR) is 92.3 cm³/mol. The molecule has 0 aliphatic rings. The largest absolute Gasteiger partial charge is 0.488 e. The number of aromatic nitrogens is 1. The summed E-state index contributed by atoms with van der Waals surface area (Å²) in [7, 11) is 0. The molecule has 0 amide bonds. The minimum Gasteiger partial charge on any atom is -0.488 e. The molecule has 7 heteroatoms. The van der Waals surface area contributed by atoms with Crippen LogP contribution in [0.1, 0.15) is 26.7 Å². The van der Waals surface area contributed by atoms with Gasteiger partial charge in [-0.1, -0.05) is 13.8 Å². The molecule has 0 atom stereocenters. The summed E-state index contributed by atoms with van der Waals surface area (Å²) in [6.45, 7) is 4.31. The molecule has 1 aromatic heterocycles. The van der Waals surface area contributed by atoms with Gasteiger partial charge in [-0.3, -0.25) is 4.79 Å². The first-order chi connectivity index (χ1) is 12.4. The summed E-state index contributed by atoms with van der Waals surface area (Å²) in [5.41, 5.74) is 0.758. The fourth-order valence-corrected chi connectivity index (χ4v) is 2.22. The molecule has 26 heavy (non-hydrogen) atoms. The van der Waals surface area contributed by atoms with Crippen molar-refractivity contribution in [3.63, 3.8) is 0 Å². The van der Waals surface area contributed by atoms with Crippen LogP contribution in [0.3, 0.4) is 0 Å². The third kappa shape index (κ3) is 5.40. The molecule has 0 aliphatic carbocycles. The van der Waals surface area contributed by atoms with Crippen LogP contribution in [0.4, 0.5) is 8.78 Å². The molecule has 0 spiro atoms. The first-order valence-corrected chi connectivity index (χ1v) is 8.30. The summed E-state index contributed by atoms with van der Waals surface area (Å²) in [5.74, 6) is -2.67. The molecule has 2 rings (SSSR count). The van der Waals surface area contributed by atoms with Crippen LogP contribution in [0.25, 0.3) is 11.1 Å². The van der Waals surface area contributed by atoms with Crippen molar-refractivity contribution < 1.29 is 28.2 Å². The van der Waals surface area contributed by atoms with Gasteiger partial charge in [-0.15, -0.1) is 0 Å². The van der Waals surface area contributed by atoms with Crippen molar-refractivity contribution in [2.75, 3.05) is 13.2 Å². The van der Waals surface area contributed by atoms with Gasteiger partial charge in [0.2, 0.25) is 5.88 Å². The van der Waals surface area contributed by atoms with E-state index in [1.807, 2.05) is 13.8 Å². The van der Waals surface area contributed by atoms with Crippen LogP contribution in [-0.4, -0.2) is 29.3 Å². The normalized spacial score (nSPS) is 10.8. The quantitative estimate of drug-likeness (QED) is 0.671. The molecular weight excluding hydrogens is 344 g/mol. The lowest BCUT2D eigenvalue weighted by atomic mass is 10.1. The lowest BCUT2D eigenvalue weighted by molar-refractivity contribution is -0.137. The summed E-state index contributed by atoms with van der Waals surface area (Å²) >= 11 is 0. The van der Waals surface area contributed by atoms with Gasteiger partial charge in [0.05, 0.1) is 13.2 Å². The molecule has 140 valence electrons. The van der Waals surface area contributed by atoms with E-state index in [1.54, 1.807) is 18.3 Å². The van der Waals surface area contributed by atoms with Gasteiger partial charge < -0.3 is 14.6 Å². The molecule has 1 aromatic carbocycles. The van der Waals surface area contributed by atoms with E-state index in [0.29, 0.717) is 18.1 Å². The van der Waals surface area contributed by atoms with E-state index in [-0.39, 0.29) is 30.9 Å². The number of rotatable bonds is 9. The molecule has 0 saturated carbocycles. The second kappa shape index (κ2) is 9.12. The molecule has 0 saturated heterocycles. The highest BCUT2D eigenvalue weighted by atomic mass is 19.1. The topological polar surface area (TPSA) is 68.7 Å². The average molecular weight is 365 g/mol. The molecule has 5 nitrogen and oxygen atoms in total. The summed E-state index contributed by atoms with van der Waals surface area (Å²) in [4.78, 5) is 14.6. The van der Waals surface area contributed by atoms with Gasteiger partial charge in [0.25, 0.3) is 0 Å². The lowest BCUT2D eigenvalue weighted by Gasteiger charge is -2.13. The smallest absolute Gasteiger partial charge is 0.303 e. The van der Waals surface area contributed by atoms with Gasteiger partial charge in [0.15, 0.2) is 17.4 Å². The molecule has 2 aromatic rings. The zero-order valence-electron chi connectivity index (χ0n) is 14.7. The number of aliphatic carboxylic acids is 1. The van der Waals surface area contributed by atoms with E-state index in [2.05, 4.69) is 4.98 Å². The Kier molecular flexibility index (Phi) is 6.89. The molecule has 1 heterocycles. The zero-order valence-corrected chi connectivity index (χ0v) is 14.7. The van der Waals surface area contributed by atoms with Crippen LogP contribution in [0.5, 0.6) is 11.6 Å². The molecule has 0 unspecified atom stereocenters. The maximum absolute atomic E-state index is 14.3. The third-order valence-corrected chi connectivity index (χ3v) is 3.42. The Morgan fingerprint density at radius 2 is 1.92 bits per heavy atom. The van der Waals surface area contributed by atoms with Crippen molar-refractivity contribution in [3.05, 3.63) is 42.1 Å². The minimum atomic E-state index is -0.990. The van der Waals surface area contributed by atoms with E-state index in [9.17, 15) is 13.6 Å². The number of carboxylic acid groups (broad SMARTS) is 1. The summed E-state index contributed by atoms with van der Waals surface area (Å²) < 4.78 is 39.3. The fourth-order valence-electron chi connectivity index (χ4n) is 2.22. The highest BCUT2D eigenvalue weighted by Crippen LogP contribution is 2.33. The van der Waals surface area contributed by atoms with Crippen molar-refractivity contribution in [2.45, 2.75) is 26.7 Å². The SMILES string of the molecule is CC(C)COc1ncccc1-c1cc(F)c(OCCCC(=O)O)c(F)c1. The third-order valence-electron chi connectivity index (χ3n) is 3.42. The number of ether oxygens (including phenoxy) is 2. The second-order valence-corrected chi connectivity index (χ2v) is 6.18. The highest BCUT2D eigenvalue weighted by Gasteiger charge is 2.16. The van der Waals surface area contributed by atoms with Gasteiger partial charge in [-0.25, -0.2) is 13.8 Å². The number of hydrogen-bond donors (Lipinski definition) is 1. The number of halogens is 2. The van der Waals surface area contributed by atoms with E-state index in [0.717, 1.165) is 12.1 Å².